The molecule has 0 saturated carbocycles. The smallest absolute Gasteiger partial charge is 0.309 e. The summed E-state index contributed by atoms with van der Waals surface area (Å²) in [5, 5.41) is 18.9. The highest BCUT2D eigenvalue weighted by molar-refractivity contribution is 9.10. The molecule has 9 nitrogen and oxygen atoms in total. The summed E-state index contributed by atoms with van der Waals surface area (Å²) in [7, 11) is 3.45. The van der Waals surface area contributed by atoms with E-state index in [1.165, 1.54) is 22.7 Å². The summed E-state index contributed by atoms with van der Waals surface area (Å²) in [4.78, 5) is 24.0. The molecule has 0 aliphatic rings. The maximum Gasteiger partial charge on any atom is 0.309 e. The molecule has 0 aromatic carbocycles. The monoisotopic (exact) mass is 370 g/mol. The van der Waals surface area contributed by atoms with Crippen molar-refractivity contribution >= 4 is 27.5 Å². The van der Waals surface area contributed by atoms with Crippen LogP contribution in [0.25, 0.3) is 0 Å². The van der Waals surface area contributed by atoms with Gasteiger partial charge in [-0.15, -0.1) is 0 Å². The highest BCUT2D eigenvalue weighted by Gasteiger charge is 2.19. The van der Waals surface area contributed by atoms with Gasteiger partial charge in [-0.05, 0) is 22.9 Å². The highest BCUT2D eigenvalue weighted by Crippen LogP contribution is 2.17. The molecule has 0 N–H and O–H groups in total. The second-order valence-electron chi connectivity index (χ2n) is 4.87. The van der Waals surface area contributed by atoms with E-state index >= 15 is 0 Å². The number of nitrogens with zero attached hydrogens (tertiary/aromatic N) is 6. The molecule has 2 aromatic heterocycles. The molecule has 22 heavy (non-hydrogen) atoms. The summed E-state index contributed by atoms with van der Waals surface area (Å²) in [6, 6.07) is 0. The zero-order chi connectivity index (χ0) is 16.4. The van der Waals surface area contributed by atoms with Crippen LogP contribution in [0.4, 0.5) is 5.69 Å². The van der Waals surface area contributed by atoms with Crippen molar-refractivity contribution in [2.75, 3.05) is 7.05 Å². The number of nitro groups is 1. The molecule has 0 fully saturated rings. The molecule has 0 aliphatic heterocycles. The maximum absolute atomic E-state index is 12.2. The lowest BCUT2D eigenvalue weighted by molar-refractivity contribution is -0.385. The quantitative estimate of drug-likeness (QED) is 0.582. The molecule has 0 spiro atoms. The van der Waals surface area contributed by atoms with Crippen molar-refractivity contribution in [3.63, 3.8) is 0 Å². The number of amides is 1. The minimum atomic E-state index is -0.514. The summed E-state index contributed by atoms with van der Waals surface area (Å²) in [5.74, 6) is -0.203. The van der Waals surface area contributed by atoms with E-state index in [1.54, 1.807) is 25.0 Å². The van der Waals surface area contributed by atoms with Gasteiger partial charge in [0.25, 0.3) is 0 Å². The average Bonchev–Trinajstić information content (AvgIpc) is 2.95. The van der Waals surface area contributed by atoms with E-state index in [2.05, 4.69) is 26.1 Å². The van der Waals surface area contributed by atoms with Gasteiger partial charge < -0.3 is 4.90 Å². The first kappa shape index (κ1) is 16.1. The molecule has 0 saturated heterocycles. The van der Waals surface area contributed by atoms with Crippen molar-refractivity contribution in [1.82, 2.24) is 24.5 Å². The SMILES string of the molecule is Cc1nn(CC(=O)N(C)Cc2c(Br)cnn2C)cc1[N+](=O)[O-]. The Morgan fingerprint density at radius 1 is 1.55 bits per heavy atom. The number of hydrogen-bond acceptors (Lipinski definition) is 5. The predicted octanol–water partition coefficient (Wildman–Crippen LogP) is 1.25. The van der Waals surface area contributed by atoms with Crippen molar-refractivity contribution in [3.8, 4) is 0 Å². The molecule has 2 heterocycles. The Morgan fingerprint density at radius 3 is 2.73 bits per heavy atom. The van der Waals surface area contributed by atoms with Crippen LogP contribution >= 0.6 is 15.9 Å². The summed E-state index contributed by atoms with van der Waals surface area (Å²) in [5.41, 5.74) is 1.05. The lowest BCUT2D eigenvalue weighted by Gasteiger charge is -2.17. The number of carbonyl (C=O) groups excluding carboxylic acids is 1. The molecule has 0 atom stereocenters. The number of carbonyl (C=O) groups is 1. The number of rotatable bonds is 5. The molecule has 10 heteroatoms. The Kier molecular flexibility index (Phi) is 4.59. The van der Waals surface area contributed by atoms with Gasteiger partial charge in [0.1, 0.15) is 18.4 Å². The third kappa shape index (κ3) is 3.32. The molecule has 0 bridgehead atoms. The van der Waals surface area contributed by atoms with E-state index in [-0.39, 0.29) is 23.8 Å². The van der Waals surface area contributed by atoms with E-state index in [0.717, 1.165) is 10.2 Å². The van der Waals surface area contributed by atoms with Gasteiger partial charge in [0.05, 0.1) is 27.8 Å². The van der Waals surface area contributed by atoms with Crippen LogP contribution in [0.1, 0.15) is 11.4 Å². The van der Waals surface area contributed by atoms with E-state index in [9.17, 15) is 14.9 Å². The average molecular weight is 371 g/mol. The van der Waals surface area contributed by atoms with Crippen LogP contribution in [-0.4, -0.2) is 42.3 Å². The standard InChI is InChI=1S/C12H15BrN6O3/c1-8-10(19(21)22)6-18(15-8)7-12(20)16(2)5-11-9(13)4-14-17(11)3/h4,6H,5,7H2,1-3H3. The van der Waals surface area contributed by atoms with Crippen LogP contribution in [0.3, 0.4) is 0 Å². The minimum absolute atomic E-state index is 0.0549. The van der Waals surface area contributed by atoms with Crippen LogP contribution in [-0.2, 0) is 24.9 Å². The van der Waals surface area contributed by atoms with Gasteiger partial charge in [0.15, 0.2) is 0 Å². The zero-order valence-electron chi connectivity index (χ0n) is 12.4. The van der Waals surface area contributed by atoms with Crippen molar-refractivity contribution in [2.24, 2.45) is 7.05 Å². The first-order valence-electron chi connectivity index (χ1n) is 6.38. The van der Waals surface area contributed by atoms with Gasteiger partial charge in [-0.1, -0.05) is 0 Å². The normalized spacial score (nSPS) is 10.7. The third-order valence-corrected chi connectivity index (χ3v) is 3.90. The molecule has 0 aliphatic carbocycles. The van der Waals surface area contributed by atoms with Crippen molar-refractivity contribution in [1.29, 1.82) is 0 Å². The summed E-state index contributed by atoms with van der Waals surface area (Å²) >= 11 is 3.38. The Morgan fingerprint density at radius 2 is 2.23 bits per heavy atom. The maximum atomic E-state index is 12.2. The summed E-state index contributed by atoms with van der Waals surface area (Å²) in [6.45, 7) is 1.86. The van der Waals surface area contributed by atoms with E-state index in [1.807, 2.05) is 0 Å². The fraction of sp³-hybridized carbons (Fsp3) is 0.417. The van der Waals surface area contributed by atoms with Gasteiger partial charge in [-0.2, -0.15) is 10.2 Å². The fourth-order valence-corrected chi connectivity index (χ4v) is 2.43. The molecule has 0 radical (unpaired) electrons. The summed E-state index contributed by atoms with van der Waals surface area (Å²) < 4.78 is 3.78. The number of halogens is 1. The van der Waals surface area contributed by atoms with Crippen LogP contribution in [0, 0.1) is 17.0 Å². The molecule has 1 amide bonds. The second kappa shape index (κ2) is 6.26. The van der Waals surface area contributed by atoms with Gasteiger partial charge in [-0.25, -0.2) is 0 Å². The van der Waals surface area contributed by atoms with Crippen LogP contribution in [0.5, 0.6) is 0 Å². The minimum Gasteiger partial charge on any atom is -0.338 e. The highest BCUT2D eigenvalue weighted by atomic mass is 79.9. The zero-order valence-corrected chi connectivity index (χ0v) is 13.9. The molecule has 118 valence electrons. The lowest BCUT2D eigenvalue weighted by Crippen LogP contribution is -2.30. The summed E-state index contributed by atoms with van der Waals surface area (Å²) in [6.07, 6.45) is 2.93. The molecule has 0 unspecified atom stereocenters. The number of aromatic nitrogens is 4. The first-order valence-corrected chi connectivity index (χ1v) is 7.17. The van der Waals surface area contributed by atoms with Gasteiger partial charge >= 0.3 is 5.69 Å². The first-order chi connectivity index (χ1) is 10.3. The van der Waals surface area contributed by atoms with Crippen LogP contribution in [0.15, 0.2) is 16.9 Å². The van der Waals surface area contributed by atoms with E-state index in [0.29, 0.717) is 6.54 Å². The predicted molar refractivity (Wildman–Crippen MR) is 81.0 cm³/mol. The van der Waals surface area contributed by atoms with Crippen LogP contribution < -0.4 is 0 Å². The van der Waals surface area contributed by atoms with E-state index in [4.69, 9.17) is 0 Å². The number of likely N-dealkylation sites (N-methyl/N-ethyl adjacent to an activating group) is 1. The van der Waals surface area contributed by atoms with Gasteiger partial charge in [0.2, 0.25) is 5.91 Å². The number of hydrogen-bond donors (Lipinski definition) is 0. The Hall–Kier alpha value is -2.23. The fourth-order valence-electron chi connectivity index (χ4n) is 1.95. The van der Waals surface area contributed by atoms with Crippen molar-refractivity contribution in [3.05, 3.63) is 38.4 Å². The molecular weight excluding hydrogens is 356 g/mol. The van der Waals surface area contributed by atoms with Gasteiger partial charge in [0, 0.05) is 14.1 Å². The largest absolute Gasteiger partial charge is 0.338 e. The van der Waals surface area contributed by atoms with Crippen molar-refractivity contribution < 1.29 is 9.72 Å². The van der Waals surface area contributed by atoms with E-state index < -0.39 is 4.92 Å². The lowest BCUT2D eigenvalue weighted by atomic mass is 10.4. The van der Waals surface area contributed by atoms with Gasteiger partial charge in [-0.3, -0.25) is 24.3 Å². The molecule has 2 rings (SSSR count). The Labute approximate surface area is 134 Å². The second-order valence-corrected chi connectivity index (χ2v) is 5.72. The topological polar surface area (TPSA) is 99.1 Å². The molecular formula is C12H15BrN6O3. The Bertz CT molecular complexity index is 703. The number of aryl methyl sites for hydroxylation is 2. The Balaban J connectivity index is 2.06. The third-order valence-electron chi connectivity index (χ3n) is 3.24. The van der Waals surface area contributed by atoms with Crippen LogP contribution in [0.2, 0.25) is 0 Å². The van der Waals surface area contributed by atoms with Crippen molar-refractivity contribution in [2.45, 2.75) is 20.0 Å². The molecule has 2 aromatic rings.